The van der Waals surface area contributed by atoms with E-state index in [2.05, 4.69) is 45.3 Å². The van der Waals surface area contributed by atoms with Gasteiger partial charge in [-0.05, 0) is 70.2 Å². The van der Waals surface area contributed by atoms with E-state index in [-0.39, 0.29) is 34.4 Å². The Morgan fingerprint density at radius 3 is 2.47 bits per heavy atom. The lowest BCUT2D eigenvalue weighted by atomic mass is 9.70. The van der Waals surface area contributed by atoms with Crippen molar-refractivity contribution in [3.8, 4) is 0 Å². The van der Waals surface area contributed by atoms with Gasteiger partial charge in [0, 0.05) is 54.2 Å². The molecule has 210 valence electrons. The third kappa shape index (κ3) is 5.32. The number of aliphatic hydroxyl groups is 1. The number of likely N-dealkylation sites (tertiary alicyclic amines) is 1. The number of alkyl halides is 1. The molecule has 3 unspecified atom stereocenters. The largest absolute Gasteiger partial charge is 0.396 e. The van der Waals surface area contributed by atoms with E-state index < -0.39 is 22.6 Å². The number of anilines is 2. The average molecular weight is 610 g/mol. The SMILES string of the molecule is CCCNC(=O)[C@H]1[C@@H]2SC3(CC2Br)C(C(=O)Nc2ccc(N(CC)CC)cc2)N(CCCCCO)C(=O)[C@H]13. The second kappa shape index (κ2) is 12.6. The lowest BCUT2D eigenvalue weighted by molar-refractivity contribution is -0.139. The van der Waals surface area contributed by atoms with Gasteiger partial charge >= 0.3 is 0 Å². The number of halogens is 1. The maximum Gasteiger partial charge on any atom is 0.248 e. The molecular formula is C28H41BrN4O4S. The van der Waals surface area contributed by atoms with Crippen LogP contribution in [0.5, 0.6) is 0 Å². The highest BCUT2D eigenvalue weighted by molar-refractivity contribution is 9.09. The van der Waals surface area contributed by atoms with Gasteiger partial charge in [0.05, 0.1) is 16.6 Å². The Balaban J connectivity index is 1.61. The van der Waals surface area contributed by atoms with E-state index in [1.54, 1.807) is 16.7 Å². The number of fused-ring (bicyclic) bond motifs is 1. The number of amides is 3. The minimum Gasteiger partial charge on any atom is -0.396 e. The summed E-state index contributed by atoms with van der Waals surface area (Å²) in [5, 5.41) is 15.3. The standard InChI is InChI=1S/C28H41BrN4O4S/c1-4-14-30-25(35)21-22-27(37)33(15-8-7-9-16-34)24(28(22)17-20(29)23(21)38-28)26(36)31-18-10-12-19(13-11-18)32(5-2)6-3/h10-13,20-24,34H,4-9,14-17H2,1-3H3,(H,30,35)(H,31,36)/t20?,21-,22+,23-,24?,28?/m1/s1. The Morgan fingerprint density at radius 2 is 1.84 bits per heavy atom. The Hall–Kier alpha value is -1.78. The van der Waals surface area contributed by atoms with Gasteiger partial charge in [-0.1, -0.05) is 22.9 Å². The normalized spacial score (nSPS) is 29.4. The first-order valence-electron chi connectivity index (χ1n) is 14.0. The van der Waals surface area contributed by atoms with Crippen molar-refractivity contribution in [3.63, 3.8) is 0 Å². The summed E-state index contributed by atoms with van der Waals surface area (Å²) in [5.74, 6) is -1.33. The number of unbranched alkanes of at least 4 members (excludes halogenated alkanes) is 2. The second-order valence-electron chi connectivity index (χ2n) is 10.5. The van der Waals surface area contributed by atoms with Gasteiger partial charge in [-0.2, -0.15) is 0 Å². The fourth-order valence-corrected chi connectivity index (χ4v) is 10.1. The first-order chi connectivity index (χ1) is 18.3. The summed E-state index contributed by atoms with van der Waals surface area (Å²) in [5.41, 5.74) is 1.80. The monoisotopic (exact) mass is 608 g/mol. The number of hydrogen-bond acceptors (Lipinski definition) is 6. The predicted octanol–water partition coefficient (Wildman–Crippen LogP) is 3.62. The molecule has 1 spiro atoms. The van der Waals surface area contributed by atoms with E-state index in [1.807, 2.05) is 31.2 Å². The van der Waals surface area contributed by atoms with Gasteiger partial charge in [-0.15, -0.1) is 11.8 Å². The van der Waals surface area contributed by atoms with Crippen molar-refractivity contribution in [2.75, 3.05) is 43.0 Å². The number of nitrogens with zero attached hydrogens (tertiary/aromatic N) is 2. The predicted molar refractivity (Wildman–Crippen MR) is 157 cm³/mol. The first kappa shape index (κ1) is 29.2. The van der Waals surface area contributed by atoms with E-state index in [1.165, 1.54) is 0 Å². The van der Waals surface area contributed by atoms with Gasteiger partial charge in [-0.3, -0.25) is 14.4 Å². The Bertz CT molecular complexity index is 1010. The topological polar surface area (TPSA) is 102 Å². The van der Waals surface area contributed by atoms with Gasteiger partial charge in [0.15, 0.2) is 0 Å². The molecule has 0 radical (unpaired) electrons. The summed E-state index contributed by atoms with van der Waals surface area (Å²) < 4.78 is -0.646. The van der Waals surface area contributed by atoms with E-state index in [0.29, 0.717) is 38.0 Å². The molecule has 4 rings (SSSR count). The highest BCUT2D eigenvalue weighted by atomic mass is 79.9. The Kier molecular flexibility index (Phi) is 9.68. The molecule has 3 saturated heterocycles. The van der Waals surface area contributed by atoms with Crippen molar-refractivity contribution in [3.05, 3.63) is 24.3 Å². The number of rotatable bonds is 13. The smallest absolute Gasteiger partial charge is 0.248 e. The minimum atomic E-state index is -0.657. The van der Waals surface area contributed by atoms with E-state index >= 15 is 0 Å². The van der Waals surface area contributed by atoms with Gasteiger partial charge < -0.3 is 25.5 Å². The van der Waals surface area contributed by atoms with Crippen molar-refractivity contribution >= 4 is 56.8 Å². The van der Waals surface area contributed by atoms with Crippen molar-refractivity contribution in [1.29, 1.82) is 0 Å². The Morgan fingerprint density at radius 1 is 1.13 bits per heavy atom. The molecule has 3 aliphatic heterocycles. The summed E-state index contributed by atoms with van der Waals surface area (Å²) in [6.45, 7) is 9.17. The molecule has 2 bridgehead atoms. The van der Waals surface area contributed by atoms with Crippen LogP contribution in [0.25, 0.3) is 0 Å². The zero-order valence-corrected chi connectivity index (χ0v) is 25.0. The number of nitrogens with one attached hydrogen (secondary N) is 2. The quantitative estimate of drug-likeness (QED) is 0.233. The van der Waals surface area contributed by atoms with E-state index in [9.17, 15) is 19.5 Å². The molecule has 0 aromatic heterocycles. The third-order valence-corrected chi connectivity index (χ3v) is 11.4. The lowest BCUT2D eigenvalue weighted by Gasteiger charge is -2.35. The van der Waals surface area contributed by atoms with Crippen LogP contribution in [0.3, 0.4) is 0 Å². The maximum atomic E-state index is 14.0. The zero-order chi connectivity index (χ0) is 27.4. The van der Waals surface area contributed by atoms with Crippen LogP contribution in [0.2, 0.25) is 0 Å². The van der Waals surface area contributed by atoms with Crippen LogP contribution in [0.4, 0.5) is 11.4 Å². The fourth-order valence-electron chi connectivity index (χ4n) is 6.46. The molecule has 8 nitrogen and oxygen atoms in total. The fraction of sp³-hybridized carbons (Fsp3) is 0.679. The van der Waals surface area contributed by atoms with Gasteiger partial charge in [0.25, 0.3) is 0 Å². The highest BCUT2D eigenvalue weighted by Crippen LogP contribution is 2.67. The Labute approximate surface area is 238 Å². The molecule has 38 heavy (non-hydrogen) atoms. The van der Waals surface area contributed by atoms with E-state index in [0.717, 1.165) is 31.6 Å². The highest BCUT2D eigenvalue weighted by Gasteiger charge is 2.75. The summed E-state index contributed by atoms with van der Waals surface area (Å²) in [7, 11) is 0. The van der Waals surface area contributed by atoms with E-state index in [4.69, 9.17) is 0 Å². The number of aliphatic hydroxyl groups excluding tert-OH is 1. The third-order valence-electron chi connectivity index (χ3n) is 8.21. The van der Waals surface area contributed by atoms with Crippen LogP contribution in [0.15, 0.2) is 24.3 Å². The molecule has 1 aromatic rings. The number of thioether (sulfide) groups is 1. The molecule has 3 N–H and O–H groups in total. The van der Waals surface area contributed by atoms with Crippen molar-refractivity contribution < 1.29 is 19.5 Å². The first-order valence-corrected chi connectivity index (χ1v) is 15.8. The summed E-state index contributed by atoms with van der Waals surface area (Å²) in [6, 6.07) is 7.19. The molecule has 6 atom stereocenters. The number of carbonyl (C=O) groups is 3. The molecule has 10 heteroatoms. The van der Waals surface area contributed by atoms with Crippen LogP contribution in [0.1, 0.15) is 52.9 Å². The van der Waals surface area contributed by atoms with Crippen molar-refractivity contribution in [1.82, 2.24) is 10.2 Å². The van der Waals surface area contributed by atoms with Crippen LogP contribution in [-0.4, -0.2) is 81.4 Å². The number of benzene rings is 1. The van der Waals surface area contributed by atoms with Crippen LogP contribution < -0.4 is 15.5 Å². The van der Waals surface area contributed by atoms with Crippen molar-refractivity contribution in [2.24, 2.45) is 11.8 Å². The van der Waals surface area contributed by atoms with Crippen LogP contribution in [0, 0.1) is 11.8 Å². The molecule has 3 amide bonds. The van der Waals surface area contributed by atoms with Crippen molar-refractivity contribution in [2.45, 2.75) is 73.7 Å². The summed E-state index contributed by atoms with van der Waals surface area (Å²) in [6.07, 6.45) is 3.64. The average Bonchev–Trinajstić information content (AvgIpc) is 3.50. The molecule has 3 fully saturated rings. The number of carbonyl (C=O) groups excluding carboxylic acids is 3. The van der Waals surface area contributed by atoms with Crippen LogP contribution >= 0.6 is 27.7 Å². The summed E-state index contributed by atoms with van der Waals surface area (Å²) in [4.78, 5) is 45.3. The minimum absolute atomic E-state index is 0.0407. The molecular weight excluding hydrogens is 568 g/mol. The molecule has 0 saturated carbocycles. The lowest BCUT2D eigenvalue weighted by Crippen LogP contribution is -2.53. The number of hydrogen-bond donors (Lipinski definition) is 3. The van der Waals surface area contributed by atoms with Gasteiger partial charge in [0.2, 0.25) is 17.7 Å². The van der Waals surface area contributed by atoms with Gasteiger partial charge in [-0.25, -0.2) is 0 Å². The van der Waals surface area contributed by atoms with Crippen LogP contribution in [-0.2, 0) is 14.4 Å². The molecule has 3 heterocycles. The molecule has 1 aromatic carbocycles. The zero-order valence-electron chi connectivity index (χ0n) is 22.6. The molecule has 0 aliphatic carbocycles. The second-order valence-corrected chi connectivity index (χ2v) is 13.2. The maximum absolute atomic E-state index is 14.0. The summed E-state index contributed by atoms with van der Waals surface area (Å²) >= 11 is 5.46. The van der Waals surface area contributed by atoms with Gasteiger partial charge in [0.1, 0.15) is 6.04 Å². The molecule has 3 aliphatic rings.